The minimum atomic E-state index is -0.0957. The Morgan fingerprint density at radius 2 is 2.20 bits per heavy atom. The lowest BCUT2D eigenvalue weighted by atomic mass is 10.0. The first kappa shape index (κ1) is 18.2. The summed E-state index contributed by atoms with van der Waals surface area (Å²) in [5.74, 6) is 0.525. The van der Waals surface area contributed by atoms with Gasteiger partial charge in [0.25, 0.3) is 0 Å². The maximum absolute atomic E-state index is 12.4. The van der Waals surface area contributed by atoms with E-state index in [0.29, 0.717) is 10.9 Å². The average molecular weight is 381 g/mol. The number of nitrogens with zero attached hydrogens (tertiary/aromatic N) is 4. The number of carbonyl (C=O) groups excluding carboxylic acids is 1. The Morgan fingerprint density at radius 1 is 1.36 bits per heavy atom. The smallest absolute Gasteiger partial charge is 0.323 e. The van der Waals surface area contributed by atoms with Crippen LogP contribution in [0.1, 0.15) is 18.4 Å². The number of amides is 1. The Kier molecular flexibility index (Phi) is 5.99. The molecule has 1 saturated heterocycles. The molecule has 7 heteroatoms. The van der Waals surface area contributed by atoms with E-state index in [0.717, 1.165) is 44.0 Å². The fourth-order valence-corrected chi connectivity index (χ4v) is 3.57. The van der Waals surface area contributed by atoms with Crippen molar-refractivity contribution < 1.29 is 4.79 Å². The Balaban J connectivity index is 1.44. The Hall–Kier alpha value is -1.56. The van der Waals surface area contributed by atoms with Crippen molar-refractivity contribution >= 4 is 29.2 Å². The van der Waals surface area contributed by atoms with Crippen molar-refractivity contribution in [1.29, 1.82) is 0 Å². The number of rotatable bonds is 5. The maximum Gasteiger partial charge on any atom is 0.344 e. The second-order valence-electron chi connectivity index (χ2n) is 6.64. The van der Waals surface area contributed by atoms with Gasteiger partial charge >= 0.3 is 6.03 Å². The van der Waals surface area contributed by atoms with Gasteiger partial charge in [-0.2, -0.15) is 9.78 Å². The normalized spacial score (nSPS) is 17.4. The summed E-state index contributed by atoms with van der Waals surface area (Å²) in [7, 11) is 2.12. The summed E-state index contributed by atoms with van der Waals surface area (Å²) in [6.07, 6.45) is 5.14. The van der Waals surface area contributed by atoms with Crippen molar-refractivity contribution in [2.75, 3.05) is 26.7 Å². The van der Waals surface area contributed by atoms with Gasteiger partial charge in [0.1, 0.15) is 0 Å². The van der Waals surface area contributed by atoms with Gasteiger partial charge in [0.15, 0.2) is 0 Å². The summed E-state index contributed by atoms with van der Waals surface area (Å²) < 4.78 is 1.32. The number of likely N-dealkylation sites (tertiary alicyclic amines) is 1. The number of hydrogen-bond donors (Lipinski definition) is 0. The van der Waals surface area contributed by atoms with E-state index in [4.69, 9.17) is 23.2 Å². The molecule has 1 aliphatic heterocycles. The second-order valence-corrected chi connectivity index (χ2v) is 7.52. The molecule has 134 valence electrons. The van der Waals surface area contributed by atoms with Gasteiger partial charge < -0.3 is 9.80 Å². The van der Waals surface area contributed by atoms with E-state index in [2.05, 4.69) is 23.1 Å². The number of halogens is 2. The first-order chi connectivity index (χ1) is 12.0. The Morgan fingerprint density at radius 3 is 2.92 bits per heavy atom. The van der Waals surface area contributed by atoms with Crippen molar-refractivity contribution in [2.24, 2.45) is 5.92 Å². The molecule has 0 aliphatic carbocycles. The third kappa shape index (κ3) is 4.97. The highest BCUT2D eigenvalue weighted by Gasteiger charge is 2.27. The predicted molar refractivity (Wildman–Crippen MR) is 100 cm³/mol. The van der Waals surface area contributed by atoms with Crippen LogP contribution in [0.3, 0.4) is 0 Å². The van der Waals surface area contributed by atoms with E-state index < -0.39 is 0 Å². The van der Waals surface area contributed by atoms with Gasteiger partial charge in [-0.25, -0.2) is 4.79 Å². The summed E-state index contributed by atoms with van der Waals surface area (Å²) >= 11 is 11.9. The van der Waals surface area contributed by atoms with Crippen LogP contribution in [-0.2, 0) is 6.54 Å². The lowest BCUT2D eigenvalue weighted by Gasteiger charge is -2.20. The SMILES string of the molecule is CN(CCC1CCN(C(=O)n2cc(Cl)cn2)C1)Cc1cccc(Cl)c1. The van der Waals surface area contributed by atoms with E-state index in [1.807, 2.05) is 23.1 Å². The Labute approximate surface area is 158 Å². The van der Waals surface area contributed by atoms with E-state index in [1.165, 1.54) is 16.4 Å². The van der Waals surface area contributed by atoms with Crippen LogP contribution in [0.25, 0.3) is 0 Å². The molecule has 1 amide bonds. The summed E-state index contributed by atoms with van der Waals surface area (Å²) in [6.45, 7) is 3.43. The number of hydrogen-bond acceptors (Lipinski definition) is 3. The summed E-state index contributed by atoms with van der Waals surface area (Å²) in [6, 6.07) is 7.87. The molecule has 1 atom stereocenters. The number of benzene rings is 1. The fraction of sp³-hybridized carbons (Fsp3) is 0.444. The minimum absolute atomic E-state index is 0.0957. The Bertz CT molecular complexity index is 733. The monoisotopic (exact) mass is 380 g/mol. The van der Waals surface area contributed by atoms with Gasteiger partial charge in [-0.05, 0) is 50.0 Å². The maximum atomic E-state index is 12.4. The van der Waals surface area contributed by atoms with Crippen LogP contribution in [0.5, 0.6) is 0 Å². The van der Waals surface area contributed by atoms with E-state index in [1.54, 1.807) is 6.20 Å². The number of aromatic nitrogens is 2. The van der Waals surface area contributed by atoms with Crippen LogP contribution < -0.4 is 0 Å². The quantitative estimate of drug-likeness (QED) is 0.786. The van der Waals surface area contributed by atoms with E-state index >= 15 is 0 Å². The zero-order chi connectivity index (χ0) is 17.8. The van der Waals surface area contributed by atoms with Crippen molar-refractivity contribution in [2.45, 2.75) is 19.4 Å². The van der Waals surface area contributed by atoms with Gasteiger partial charge in [-0.3, -0.25) is 0 Å². The highest BCUT2D eigenvalue weighted by Crippen LogP contribution is 2.21. The molecule has 1 fully saturated rings. The molecule has 0 spiro atoms. The molecule has 1 aromatic carbocycles. The molecule has 0 bridgehead atoms. The predicted octanol–water partition coefficient (Wildman–Crippen LogP) is 4.00. The van der Waals surface area contributed by atoms with Crippen LogP contribution in [0, 0.1) is 5.92 Å². The van der Waals surface area contributed by atoms with Crippen LogP contribution in [0.2, 0.25) is 10.0 Å². The van der Waals surface area contributed by atoms with Crippen LogP contribution >= 0.6 is 23.2 Å². The summed E-state index contributed by atoms with van der Waals surface area (Å²) in [5, 5.41) is 5.24. The third-order valence-electron chi connectivity index (χ3n) is 4.56. The zero-order valence-corrected chi connectivity index (χ0v) is 15.7. The van der Waals surface area contributed by atoms with Crippen molar-refractivity contribution in [3.63, 3.8) is 0 Å². The molecule has 0 N–H and O–H groups in total. The van der Waals surface area contributed by atoms with Crippen LogP contribution in [-0.4, -0.2) is 52.3 Å². The molecule has 2 aromatic rings. The van der Waals surface area contributed by atoms with E-state index in [9.17, 15) is 4.79 Å². The second kappa shape index (κ2) is 8.21. The van der Waals surface area contributed by atoms with Crippen molar-refractivity contribution in [3.05, 3.63) is 52.3 Å². The molecule has 3 rings (SSSR count). The topological polar surface area (TPSA) is 41.4 Å². The highest BCUT2D eigenvalue weighted by molar-refractivity contribution is 6.30. The standard InChI is InChI=1S/C18H22Cl2N4O/c1-22(11-15-3-2-4-16(19)9-15)7-5-14-6-8-23(12-14)18(25)24-13-17(20)10-21-24/h2-4,9-10,13-14H,5-8,11-12H2,1H3. The zero-order valence-electron chi connectivity index (χ0n) is 14.2. The molecular weight excluding hydrogens is 359 g/mol. The highest BCUT2D eigenvalue weighted by atomic mass is 35.5. The largest absolute Gasteiger partial charge is 0.344 e. The molecule has 0 saturated carbocycles. The van der Waals surface area contributed by atoms with Gasteiger partial charge in [-0.1, -0.05) is 35.3 Å². The fourth-order valence-electron chi connectivity index (χ4n) is 3.22. The molecule has 5 nitrogen and oxygen atoms in total. The van der Waals surface area contributed by atoms with Crippen molar-refractivity contribution in [3.8, 4) is 0 Å². The summed E-state index contributed by atoms with van der Waals surface area (Å²) in [4.78, 5) is 16.5. The molecule has 1 aromatic heterocycles. The first-order valence-corrected chi connectivity index (χ1v) is 9.19. The van der Waals surface area contributed by atoms with Gasteiger partial charge in [0, 0.05) is 24.7 Å². The summed E-state index contributed by atoms with van der Waals surface area (Å²) in [5.41, 5.74) is 1.22. The molecule has 25 heavy (non-hydrogen) atoms. The molecule has 0 radical (unpaired) electrons. The van der Waals surface area contributed by atoms with Gasteiger partial charge in [0.2, 0.25) is 0 Å². The first-order valence-electron chi connectivity index (χ1n) is 8.43. The van der Waals surface area contributed by atoms with Gasteiger partial charge in [-0.15, -0.1) is 0 Å². The molecule has 1 aliphatic rings. The molecule has 2 heterocycles. The lowest BCUT2D eigenvalue weighted by molar-refractivity contribution is 0.204. The molecule has 1 unspecified atom stereocenters. The molecular formula is C18H22Cl2N4O. The van der Waals surface area contributed by atoms with E-state index in [-0.39, 0.29) is 6.03 Å². The van der Waals surface area contributed by atoms with Crippen LogP contribution in [0.15, 0.2) is 36.7 Å². The average Bonchev–Trinajstić information content (AvgIpc) is 3.21. The van der Waals surface area contributed by atoms with Crippen LogP contribution in [0.4, 0.5) is 4.79 Å². The number of carbonyl (C=O) groups is 1. The lowest BCUT2D eigenvalue weighted by Crippen LogP contribution is -2.33. The third-order valence-corrected chi connectivity index (χ3v) is 4.99. The minimum Gasteiger partial charge on any atom is -0.323 e. The van der Waals surface area contributed by atoms with Gasteiger partial charge in [0.05, 0.1) is 17.4 Å². The van der Waals surface area contributed by atoms with Crippen molar-refractivity contribution in [1.82, 2.24) is 19.6 Å².